The van der Waals surface area contributed by atoms with E-state index in [4.69, 9.17) is 0 Å². The van der Waals surface area contributed by atoms with E-state index in [0.717, 1.165) is 6.42 Å². The number of aryl methyl sites for hydroxylation is 1. The van der Waals surface area contributed by atoms with E-state index in [1.165, 1.54) is 11.3 Å². The van der Waals surface area contributed by atoms with Gasteiger partial charge < -0.3 is 5.32 Å². The molecule has 0 aliphatic heterocycles. The van der Waals surface area contributed by atoms with E-state index in [2.05, 4.69) is 30.4 Å². The van der Waals surface area contributed by atoms with Crippen LogP contribution in [0, 0.1) is 0 Å². The van der Waals surface area contributed by atoms with Gasteiger partial charge in [-0.15, -0.1) is 12.4 Å². The van der Waals surface area contributed by atoms with Gasteiger partial charge in [-0.25, -0.2) is 0 Å². The molecule has 11 heavy (non-hydrogen) atoms. The molecule has 2 heteroatoms. The maximum atomic E-state index is 3.15. The van der Waals surface area contributed by atoms with E-state index < -0.39 is 0 Å². The van der Waals surface area contributed by atoms with Crippen LogP contribution in [0.25, 0.3) is 0 Å². The first-order valence-corrected chi connectivity index (χ1v) is 3.64. The molecular weight excluding hydrogens is 158 g/mol. The summed E-state index contributed by atoms with van der Waals surface area (Å²) < 4.78 is 0. The van der Waals surface area contributed by atoms with Crippen molar-refractivity contribution in [2.24, 2.45) is 0 Å². The van der Waals surface area contributed by atoms with Gasteiger partial charge in [0.05, 0.1) is 0 Å². The van der Waals surface area contributed by atoms with E-state index in [9.17, 15) is 0 Å². The SMILES string of the molecule is CCc1ccccc1NC.Cl. The minimum atomic E-state index is 0. The van der Waals surface area contributed by atoms with Crippen LogP contribution < -0.4 is 5.32 Å². The van der Waals surface area contributed by atoms with Gasteiger partial charge in [-0.05, 0) is 18.1 Å². The van der Waals surface area contributed by atoms with Crippen molar-refractivity contribution < 1.29 is 0 Å². The molecule has 62 valence electrons. The maximum absolute atomic E-state index is 3.15. The number of rotatable bonds is 2. The number of hydrogen-bond acceptors (Lipinski definition) is 1. The summed E-state index contributed by atoms with van der Waals surface area (Å²) in [7, 11) is 1.95. The number of benzene rings is 1. The van der Waals surface area contributed by atoms with Gasteiger partial charge in [0.25, 0.3) is 0 Å². The third-order valence-corrected chi connectivity index (χ3v) is 1.67. The zero-order chi connectivity index (χ0) is 7.40. The van der Waals surface area contributed by atoms with Crippen LogP contribution in [0.15, 0.2) is 24.3 Å². The first kappa shape index (κ1) is 10.3. The largest absolute Gasteiger partial charge is 0.388 e. The zero-order valence-electron chi connectivity index (χ0n) is 6.92. The lowest BCUT2D eigenvalue weighted by atomic mass is 10.1. The molecule has 0 radical (unpaired) electrons. The zero-order valence-corrected chi connectivity index (χ0v) is 7.74. The van der Waals surface area contributed by atoms with Gasteiger partial charge in [0.1, 0.15) is 0 Å². The van der Waals surface area contributed by atoms with Crippen molar-refractivity contribution in [3.8, 4) is 0 Å². The Hall–Kier alpha value is -0.690. The third kappa shape index (κ3) is 2.43. The molecule has 0 saturated heterocycles. The molecule has 1 rings (SSSR count). The Labute approximate surface area is 74.2 Å². The Balaban J connectivity index is 0.000001000. The molecule has 1 N–H and O–H groups in total. The predicted molar refractivity (Wildman–Crippen MR) is 52.6 cm³/mol. The second kappa shape index (κ2) is 5.03. The molecule has 1 aromatic carbocycles. The maximum Gasteiger partial charge on any atom is 0.0370 e. The Bertz CT molecular complexity index is 187. The van der Waals surface area contributed by atoms with Crippen molar-refractivity contribution in [3.05, 3.63) is 29.8 Å². The summed E-state index contributed by atoms with van der Waals surface area (Å²) in [4.78, 5) is 0. The Morgan fingerprint density at radius 2 is 1.91 bits per heavy atom. The second-order valence-corrected chi connectivity index (χ2v) is 2.26. The minimum Gasteiger partial charge on any atom is -0.388 e. The molecular formula is C9H14ClN. The number of hydrogen-bond donors (Lipinski definition) is 1. The molecule has 0 aromatic heterocycles. The molecule has 1 nitrogen and oxygen atoms in total. The topological polar surface area (TPSA) is 12.0 Å². The molecule has 0 atom stereocenters. The molecule has 0 aliphatic carbocycles. The highest BCUT2D eigenvalue weighted by Crippen LogP contribution is 2.13. The predicted octanol–water partition coefficient (Wildman–Crippen LogP) is 2.71. The van der Waals surface area contributed by atoms with Gasteiger partial charge in [-0.2, -0.15) is 0 Å². The summed E-state index contributed by atoms with van der Waals surface area (Å²) in [6, 6.07) is 8.36. The average molecular weight is 172 g/mol. The normalized spacial score (nSPS) is 8.55. The van der Waals surface area contributed by atoms with Crippen LogP contribution in [0.1, 0.15) is 12.5 Å². The summed E-state index contributed by atoms with van der Waals surface area (Å²) in [6.07, 6.45) is 1.09. The van der Waals surface area contributed by atoms with Gasteiger partial charge in [0, 0.05) is 12.7 Å². The first-order valence-electron chi connectivity index (χ1n) is 3.64. The quantitative estimate of drug-likeness (QED) is 0.722. The molecule has 0 amide bonds. The third-order valence-electron chi connectivity index (χ3n) is 1.67. The molecule has 0 saturated carbocycles. The Kier molecular flexibility index (Phi) is 4.71. The van der Waals surface area contributed by atoms with Crippen molar-refractivity contribution in [1.82, 2.24) is 0 Å². The molecule has 0 unspecified atom stereocenters. The average Bonchev–Trinajstić information content (AvgIpc) is 2.04. The fourth-order valence-corrected chi connectivity index (χ4v) is 1.07. The summed E-state index contributed by atoms with van der Waals surface area (Å²) in [5.41, 5.74) is 2.62. The second-order valence-electron chi connectivity index (χ2n) is 2.26. The van der Waals surface area contributed by atoms with Crippen molar-refractivity contribution >= 4 is 18.1 Å². The van der Waals surface area contributed by atoms with Crippen molar-refractivity contribution in [1.29, 1.82) is 0 Å². The van der Waals surface area contributed by atoms with Gasteiger partial charge in [-0.1, -0.05) is 25.1 Å². The molecule has 0 bridgehead atoms. The lowest BCUT2D eigenvalue weighted by Crippen LogP contribution is -1.92. The summed E-state index contributed by atoms with van der Waals surface area (Å²) in [6.45, 7) is 2.16. The highest BCUT2D eigenvalue weighted by molar-refractivity contribution is 5.85. The smallest absolute Gasteiger partial charge is 0.0370 e. The summed E-state index contributed by atoms with van der Waals surface area (Å²) in [5, 5.41) is 3.15. The van der Waals surface area contributed by atoms with Crippen LogP contribution in [-0.4, -0.2) is 7.05 Å². The highest BCUT2D eigenvalue weighted by atomic mass is 35.5. The van der Waals surface area contributed by atoms with Gasteiger partial charge in [0.15, 0.2) is 0 Å². The van der Waals surface area contributed by atoms with Crippen molar-refractivity contribution in [2.45, 2.75) is 13.3 Å². The lowest BCUT2D eigenvalue weighted by molar-refractivity contribution is 1.14. The fourth-order valence-electron chi connectivity index (χ4n) is 1.07. The van der Waals surface area contributed by atoms with E-state index in [1.54, 1.807) is 0 Å². The van der Waals surface area contributed by atoms with Gasteiger partial charge >= 0.3 is 0 Å². The number of halogens is 1. The van der Waals surface area contributed by atoms with Crippen LogP contribution in [0.5, 0.6) is 0 Å². The van der Waals surface area contributed by atoms with E-state index >= 15 is 0 Å². The van der Waals surface area contributed by atoms with Gasteiger partial charge in [0.2, 0.25) is 0 Å². The monoisotopic (exact) mass is 171 g/mol. The molecule has 1 aromatic rings. The highest BCUT2D eigenvalue weighted by Gasteiger charge is 1.93. The summed E-state index contributed by atoms with van der Waals surface area (Å²) in [5.74, 6) is 0. The summed E-state index contributed by atoms with van der Waals surface area (Å²) >= 11 is 0. The lowest BCUT2D eigenvalue weighted by Gasteiger charge is -2.04. The van der Waals surface area contributed by atoms with E-state index in [1.807, 2.05) is 13.1 Å². The molecule has 0 heterocycles. The Morgan fingerprint density at radius 1 is 1.27 bits per heavy atom. The Morgan fingerprint density at radius 3 is 2.36 bits per heavy atom. The van der Waals surface area contributed by atoms with Crippen LogP contribution >= 0.6 is 12.4 Å². The van der Waals surface area contributed by atoms with Crippen LogP contribution in [0.3, 0.4) is 0 Å². The number of anilines is 1. The van der Waals surface area contributed by atoms with Gasteiger partial charge in [-0.3, -0.25) is 0 Å². The van der Waals surface area contributed by atoms with Crippen molar-refractivity contribution in [3.63, 3.8) is 0 Å². The van der Waals surface area contributed by atoms with Crippen LogP contribution in [0.2, 0.25) is 0 Å². The minimum absolute atomic E-state index is 0. The first-order chi connectivity index (χ1) is 4.88. The van der Waals surface area contributed by atoms with Crippen LogP contribution in [0.4, 0.5) is 5.69 Å². The van der Waals surface area contributed by atoms with E-state index in [-0.39, 0.29) is 12.4 Å². The number of nitrogens with one attached hydrogen (secondary N) is 1. The molecule has 0 fully saturated rings. The van der Waals surface area contributed by atoms with Crippen LogP contribution in [-0.2, 0) is 6.42 Å². The number of para-hydroxylation sites is 1. The van der Waals surface area contributed by atoms with Crippen molar-refractivity contribution in [2.75, 3.05) is 12.4 Å². The molecule has 0 aliphatic rings. The fraction of sp³-hybridized carbons (Fsp3) is 0.333. The van der Waals surface area contributed by atoms with E-state index in [0.29, 0.717) is 0 Å². The molecule has 0 spiro atoms. The standard InChI is InChI=1S/C9H13N.ClH/c1-3-8-6-4-5-7-9(8)10-2;/h4-7,10H,3H2,1-2H3;1H.